The van der Waals surface area contributed by atoms with E-state index >= 15 is 0 Å². The van der Waals surface area contributed by atoms with Gasteiger partial charge in [0.2, 0.25) is 5.91 Å². The summed E-state index contributed by atoms with van der Waals surface area (Å²) in [7, 11) is 0. The summed E-state index contributed by atoms with van der Waals surface area (Å²) in [6.45, 7) is -0.176. The van der Waals surface area contributed by atoms with Crippen LogP contribution in [0.4, 0.5) is 5.69 Å². The fraction of sp³-hybridized carbons (Fsp3) is 0.0667. The quantitative estimate of drug-likeness (QED) is 0.748. The highest BCUT2D eigenvalue weighted by Crippen LogP contribution is 2.27. The number of rotatable bonds is 5. The molecule has 0 radical (unpaired) electrons. The number of hydrogen-bond acceptors (Lipinski definition) is 6. The fourth-order valence-corrected chi connectivity index (χ4v) is 2.59. The van der Waals surface area contributed by atoms with E-state index in [1.165, 1.54) is 23.9 Å². The van der Waals surface area contributed by atoms with Crippen LogP contribution in [0.2, 0.25) is 0 Å². The van der Waals surface area contributed by atoms with Gasteiger partial charge < -0.3 is 15.1 Å². The first-order valence-electron chi connectivity index (χ1n) is 6.69. The summed E-state index contributed by atoms with van der Waals surface area (Å²) in [6, 6.07) is 7.10. The zero-order valence-corrected chi connectivity index (χ0v) is 12.7. The van der Waals surface area contributed by atoms with Crippen molar-refractivity contribution in [1.29, 1.82) is 0 Å². The number of hydrogen-bond donors (Lipinski definition) is 2. The number of amides is 2. The number of oxazole rings is 1. The SMILES string of the molecule is O=C(CNC(=O)c1ncoc1-c1cccs1)Nc1cccnc1. The van der Waals surface area contributed by atoms with E-state index in [0.717, 1.165) is 4.88 Å². The van der Waals surface area contributed by atoms with Gasteiger partial charge in [0, 0.05) is 6.20 Å². The summed E-state index contributed by atoms with van der Waals surface area (Å²) in [4.78, 5) is 32.6. The first-order chi connectivity index (χ1) is 11.2. The van der Waals surface area contributed by atoms with Crippen LogP contribution in [0.15, 0.2) is 52.9 Å². The number of nitrogens with zero attached hydrogens (tertiary/aromatic N) is 2. The second-order valence-electron chi connectivity index (χ2n) is 4.48. The van der Waals surface area contributed by atoms with Crippen LogP contribution in [0.1, 0.15) is 10.5 Å². The highest BCUT2D eigenvalue weighted by molar-refractivity contribution is 7.13. The molecule has 0 atom stereocenters. The Bertz CT molecular complexity index is 799. The van der Waals surface area contributed by atoms with Crippen molar-refractivity contribution in [1.82, 2.24) is 15.3 Å². The molecule has 0 bridgehead atoms. The van der Waals surface area contributed by atoms with Gasteiger partial charge in [-0.3, -0.25) is 14.6 Å². The van der Waals surface area contributed by atoms with Gasteiger partial charge in [-0.1, -0.05) is 6.07 Å². The monoisotopic (exact) mass is 328 g/mol. The lowest BCUT2D eigenvalue weighted by molar-refractivity contribution is -0.115. The maximum absolute atomic E-state index is 12.2. The molecule has 0 spiro atoms. The van der Waals surface area contributed by atoms with Crippen molar-refractivity contribution in [3.05, 3.63) is 54.1 Å². The van der Waals surface area contributed by atoms with Crippen LogP contribution >= 0.6 is 11.3 Å². The third-order valence-electron chi connectivity index (χ3n) is 2.88. The molecule has 0 aliphatic carbocycles. The van der Waals surface area contributed by atoms with Gasteiger partial charge in [0.1, 0.15) is 0 Å². The summed E-state index contributed by atoms with van der Waals surface area (Å²) < 4.78 is 5.26. The molecule has 23 heavy (non-hydrogen) atoms. The van der Waals surface area contributed by atoms with Crippen molar-refractivity contribution < 1.29 is 14.0 Å². The van der Waals surface area contributed by atoms with Crippen molar-refractivity contribution in [3.63, 3.8) is 0 Å². The van der Waals surface area contributed by atoms with Crippen molar-refractivity contribution >= 4 is 28.8 Å². The van der Waals surface area contributed by atoms with Crippen molar-refractivity contribution in [2.45, 2.75) is 0 Å². The van der Waals surface area contributed by atoms with E-state index in [9.17, 15) is 9.59 Å². The van der Waals surface area contributed by atoms with E-state index in [1.54, 1.807) is 18.3 Å². The van der Waals surface area contributed by atoms with Crippen LogP contribution in [-0.4, -0.2) is 28.3 Å². The molecular weight excluding hydrogens is 316 g/mol. The second-order valence-corrected chi connectivity index (χ2v) is 5.43. The van der Waals surface area contributed by atoms with Crippen LogP contribution < -0.4 is 10.6 Å². The molecule has 8 heteroatoms. The minimum Gasteiger partial charge on any atom is -0.442 e. The molecule has 0 fully saturated rings. The zero-order chi connectivity index (χ0) is 16.1. The standard InChI is InChI=1S/C15H12N4O3S/c20-12(19-10-3-1-5-16-7-10)8-17-15(21)13-14(22-9-18-13)11-4-2-6-23-11/h1-7,9H,8H2,(H,17,21)(H,19,20). The predicted molar refractivity (Wildman–Crippen MR) is 85.0 cm³/mol. The van der Waals surface area contributed by atoms with Gasteiger partial charge in [0.15, 0.2) is 17.8 Å². The number of carbonyl (C=O) groups excluding carboxylic acids is 2. The summed E-state index contributed by atoms with van der Waals surface area (Å²) in [6.07, 6.45) is 4.33. The zero-order valence-electron chi connectivity index (χ0n) is 11.9. The molecule has 2 amide bonds. The first kappa shape index (κ1) is 14.9. The van der Waals surface area contributed by atoms with Crippen LogP contribution in [0.3, 0.4) is 0 Å². The molecule has 3 aromatic rings. The lowest BCUT2D eigenvalue weighted by atomic mass is 10.3. The minimum atomic E-state index is -0.469. The van der Waals surface area contributed by atoms with Gasteiger partial charge in [-0.2, -0.15) is 0 Å². The molecule has 0 unspecified atom stereocenters. The third kappa shape index (κ3) is 3.61. The lowest BCUT2D eigenvalue weighted by Gasteiger charge is -2.05. The number of pyridine rings is 1. The Hall–Kier alpha value is -3.00. The Morgan fingerprint density at radius 1 is 1.26 bits per heavy atom. The Kier molecular flexibility index (Phi) is 4.44. The number of thiophene rings is 1. The summed E-state index contributed by atoms with van der Waals surface area (Å²) in [5, 5.41) is 7.02. The number of nitrogens with one attached hydrogen (secondary N) is 2. The number of aromatic nitrogens is 2. The average molecular weight is 328 g/mol. The van der Waals surface area contributed by atoms with Gasteiger partial charge in [0.05, 0.1) is 23.3 Å². The Morgan fingerprint density at radius 2 is 2.17 bits per heavy atom. The average Bonchev–Trinajstić information content (AvgIpc) is 3.24. The molecule has 0 aliphatic rings. The molecular formula is C15H12N4O3S. The van der Waals surface area contributed by atoms with E-state index in [2.05, 4.69) is 20.6 Å². The van der Waals surface area contributed by atoms with Crippen molar-refractivity contribution in [2.75, 3.05) is 11.9 Å². The fourth-order valence-electron chi connectivity index (χ4n) is 1.88. The van der Waals surface area contributed by atoms with E-state index in [1.807, 2.05) is 17.5 Å². The molecule has 7 nitrogen and oxygen atoms in total. The maximum Gasteiger partial charge on any atom is 0.274 e. The molecule has 0 saturated carbocycles. The third-order valence-corrected chi connectivity index (χ3v) is 3.75. The normalized spacial score (nSPS) is 10.3. The molecule has 3 aromatic heterocycles. The lowest BCUT2D eigenvalue weighted by Crippen LogP contribution is -2.33. The summed E-state index contributed by atoms with van der Waals surface area (Å²) in [5.74, 6) is -0.429. The largest absolute Gasteiger partial charge is 0.442 e. The van der Waals surface area contributed by atoms with E-state index < -0.39 is 5.91 Å². The first-order valence-corrected chi connectivity index (χ1v) is 7.57. The van der Waals surface area contributed by atoms with Gasteiger partial charge in [-0.05, 0) is 23.6 Å². The van der Waals surface area contributed by atoms with Crippen LogP contribution in [-0.2, 0) is 4.79 Å². The summed E-state index contributed by atoms with van der Waals surface area (Å²) >= 11 is 1.44. The van der Waals surface area contributed by atoms with E-state index in [4.69, 9.17) is 4.42 Å². The topological polar surface area (TPSA) is 97.1 Å². The van der Waals surface area contributed by atoms with Crippen molar-refractivity contribution in [2.24, 2.45) is 0 Å². The molecule has 0 aromatic carbocycles. The molecule has 0 aliphatic heterocycles. The molecule has 0 saturated heterocycles. The smallest absolute Gasteiger partial charge is 0.274 e. The van der Waals surface area contributed by atoms with Gasteiger partial charge in [-0.15, -0.1) is 11.3 Å². The Morgan fingerprint density at radius 3 is 2.91 bits per heavy atom. The van der Waals surface area contributed by atoms with Crippen molar-refractivity contribution in [3.8, 4) is 10.6 Å². The van der Waals surface area contributed by atoms with Gasteiger partial charge >= 0.3 is 0 Å². The van der Waals surface area contributed by atoms with Crippen LogP contribution in [0, 0.1) is 0 Å². The van der Waals surface area contributed by atoms with Crippen LogP contribution in [0.25, 0.3) is 10.6 Å². The summed E-state index contributed by atoms with van der Waals surface area (Å²) in [5.41, 5.74) is 0.717. The molecule has 2 N–H and O–H groups in total. The molecule has 116 valence electrons. The maximum atomic E-state index is 12.2. The second kappa shape index (κ2) is 6.84. The Labute approximate surface area is 135 Å². The number of anilines is 1. The Balaban J connectivity index is 1.60. The molecule has 3 rings (SSSR count). The highest BCUT2D eigenvalue weighted by Gasteiger charge is 2.19. The van der Waals surface area contributed by atoms with E-state index in [-0.39, 0.29) is 18.1 Å². The minimum absolute atomic E-state index is 0.154. The predicted octanol–water partition coefficient (Wildman–Crippen LogP) is 2.17. The van der Waals surface area contributed by atoms with E-state index in [0.29, 0.717) is 11.4 Å². The number of carbonyl (C=O) groups is 2. The van der Waals surface area contributed by atoms with Gasteiger partial charge in [-0.25, -0.2) is 4.98 Å². The molecule has 3 heterocycles. The van der Waals surface area contributed by atoms with Crippen LogP contribution in [0.5, 0.6) is 0 Å². The van der Waals surface area contributed by atoms with Gasteiger partial charge in [0.25, 0.3) is 5.91 Å². The highest BCUT2D eigenvalue weighted by atomic mass is 32.1.